The van der Waals surface area contributed by atoms with E-state index in [4.69, 9.17) is 4.74 Å². The summed E-state index contributed by atoms with van der Waals surface area (Å²) in [5.41, 5.74) is 3.60. The van der Waals surface area contributed by atoms with Crippen molar-refractivity contribution in [2.75, 3.05) is 6.61 Å². The van der Waals surface area contributed by atoms with Gasteiger partial charge in [0.05, 0.1) is 12.2 Å². The van der Waals surface area contributed by atoms with Crippen LogP contribution in [0.25, 0.3) is 0 Å². The largest absolute Gasteiger partial charge is 0.383 e. The van der Waals surface area contributed by atoms with E-state index in [2.05, 4.69) is 38.1 Å². The summed E-state index contributed by atoms with van der Waals surface area (Å²) in [5.74, 6) is 2.90. The van der Waals surface area contributed by atoms with Crippen LogP contribution in [0.5, 0.6) is 0 Å². The summed E-state index contributed by atoms with van der Waals surface area (Å²) in [7, 11) is 0. The standard InChI is InChI=1S/C31H42F2O/c1-3-23-5-11-26(12-6-23)28-15-9-25(10-16-28)21-22-34-31(32,33)30-19-17-29(18-20-30)27-13-7-24(4-2)8-14-27/h9-10,15-20,23-24,26-27H,3-8,11-14,21-22H2,1-2H3/t23-,24-,26-,27-. The third kappa shape index (κ3) is 6.47. The SMILES string of the molecule is CC[C@H]1CC[C@H](c2ccc(CCOC(F)(F)c3ccc([C@H]4CC[C@H](CC)CC4)cc3)cc2)CC1. The highest BCUT2D eigenvalue weighted by Gasteiger charge is 2.33. The molecule has 2 aromatic rings. The van der Waals surface area contributed by atoms with Gasteiger partial charge in [0, 0.05) is 0 Å². The molecule has 2 fully saturated rings. The lowest BCUT2D eigenvalue weighted by molar-refractivity contribution is -0.248. The molecule has 3 heteroatoms. The molecule has 2 saturated carbocycles. The molecule has 0 bridgehead atoms. The van der Waals surface area contributed by atoms with Gasteiger partial charge in [-0.2, -0.15) is 8.78 Å². The minimum Gasteiger partial charge on any atom is -0.316 e. The molecule has 0 radical (unpaired) electrons. The molecule has 0 N–H and O–H groups in total. The van der Waals surface area contributed by atoms with Crippen LogP contribution in [0.4, 0.5) is 8.78 Å². The third-order valence-electron chi connectivity index (χ3n) is 8.69. The van der Waals surface area contributed by atoms with Crippen molar-refractivity contribution in [3.8, 4) is 0 Å². The predicted octanol–water partition coefficient (Wildman–Crippen LogP) is 9.36. The van der Waals surface area contributed by atoms with Crippen molar-refractivity contribution in [3.63, 3.8) is 0 Å². The average Bonchev–Trinajstić information content (AvgIpc) is 2.89. The maximum Gasteiger partial charge on any atom is 0.383 e. The summed E-state index contributed by atoms with van der Waals surface area (Å²) < 4.78 is 34.4. The quantitative estimate of drug-likeness (QED) is 0.356. The zero-order chi connectivity index (χ0) is 24.0. The summed E-state index contributed by atoms with van der Waals surface area (Å²) in [5, 5.41) is 0. The zero-order valence-electron chi connectivity index (χ0n) is 21.1. The number of hydrogen-bond acceptors (Lipinski definition) is 1. The second kappa shape index (κ2) is 11.8. The Hall–Kier alpha value is -1.74. The fourth-order valence-electron chi connectivity index (χ4n) is 6.09. The second-order valence-corrected chi connectivity index (χ2v) is 10.7. The van der Waals surface area contributed by atoms with E-state index in [1.54, 1.807) is 12.1 Å². The fraction of sp³-hybridized carbons (Fsp3) is 0.613. The highest BCUT2D eigenvalue weighted by atomic mass is 19.3. The topological polar surface area (TPSA) is 9.23 Å². The minimum atomic E-state index is -3.25. The van der Waals surface area contributed by atoms with Crippen molar-refractivity contribution >= 4 is 0 Å². The first-order valence-corrected chi connectivity index (χ1v) is 13.7. The van der Waals surface area contributed by atoms with Crippen LogP contribution >= 0.6 is 0 Å². The molecular formula is C31H42F2O. The lowest BCUT2D eigenvalue weighted by Crippen LogP contribution is -2.20. The highest BCUT2D eigenvalue weighted by Crippen LogP contribution is 2.39. The Morgan fingerprint density at radius 1 is 0.676 bits per heavy atom. The molecule has 2 aliphatic carbocycles. The van der Waals surface area contributed by atoms with Crippen LogP contribution in [-0.4, -0.2) is 6.61 Å². The molecule has 0 unspecified atom stereocenters. The van der Waals surface area contributed by atoms with Gasteiger partial charge in [-0.15, -0.1) is 0 Å². The monoisotopic (exact) mass is 468 g/mol. The van der Waals surface area contributed by atoms with Gasteiger partial charge in [0.2, 0.25) is 0 Å². The maximum atomic E-state index is 14.7. The first-order valence-electron chi connectivity index (χ1n) is 13.7. The lowest BCUT2D eigenvalue weighted by atomic mass is 9.78. The predicted molar refractivity (Wildman–Crippen MR) is 136 cm³/mol. The van der Waals surface area contributed by atoms with E-state index in [1.807, 2.05) is 12.1 Å². The number of benzene rings is 2. The summed E-state index contributed by atoms with van der Waals surface area (Å²) >= 11 is 0. The molecule has 0 saturated heterocycles. The Bertz CT molecular complexity index is 857. The Morgan fingerprint density at radius 3 is 1.56 bits per heavy atom. The number of hydrogen-bond donors (Lipinski definition) is 0. The molecule has 0 aromatic heterocycles. The second-order valence-electron chi connectivity index (χ2n) is 10.7. The van der Waals surface area contributed by atoms with E-state index < -0.39 is 6.11 Å². The van der Waals surface area contributed by atoms with Gasteiger partial charge >= 0.3 is 6.11 Å². The van der Waals surface area contributed by atoms with Gasteiger partial charge in [0.25, 0.3) is 0 Å². The van der Waals surface area contributed by atoms with Crippen molar-refractivity contribution in [2.45, 2.75) is 102 Å². The van der Waals surface area contributed by atoms with Crippen molar-refractivity contribution in [3.05, 3.63) is 70.8 Å². The van der Waals surface area contributed by atoms with Crippen LogP contribution < -0.4 is 0 Å². The van der Waals surface area contributed by atoms with Gasteiger partial charge in [-0.05, 0) is 98.1 Å². The normalized spacial score (nSPS) is 25.9. The molecule has 0 atom stereocenters. The van der Waals surface area contributed by atoms with E-state index in [-0.39, 0.29) is 12.2 Å². The van der Waals surface area contributed by atoms with Crippen molar-refractivity contribution < 1.29 is 13.5 Å². The van der Waals surface area contributed by atoms with Gasteiger partial charge in [-0.25, -0.2) is 0 Å². The molecule has 2 aliphatic rings. The first kappa shape index (κ1) is 25.4. The van der Waals surface area contributed by atoms with Gasteiger partial charge in [-0.1, -0.05) is 75.2 Å². The summed E-state index contributed by atoms with van der Waals surface area (Å²) in [6.45, 7) is 4.56. The van der Waals surface area contributed by atoms with Crippen LogP contribution in [0.2, 0.25) is 0 Å². The Balaban J connectivity index is 1.24. The van der Waals surface area contributed by atoms with Gasteiger partial charge in [0.1, 0.15) is 0 Å². The number of halogens is 2. The fourth-order valence-corrected chi connectivity index (χ4v) is 6.09. The summed E-state index contributed by atoms with van der Waals surface area (Å²) in [6.07, 6.45) is 9.82. The van der Waals surface area contributed by atoms with Crippen LogP contribution in [0.1, 0.15) is 112 Å². The Kier molecular flexibility index (Phi) is 8.80. The lowest BCUT2D eigenvalue weighted by Gasteiger charge is -2.28. The number of alkyl halides is 2. The molecule has 0 aliphatic heterocycles. The maximum absolute atomic E-state index is 14.7. The zero-order valence-corrected chi connectivity index (χ0v) is 21.1. The summed E-state index contributed by atoms with van der Waals surface area (Å²) in [4.78, 5) is 0. The van der Waals surface area contributed by atoms with Crippen molar-refractivity contribution in [1.29, 1.82) is 0 Å². The molecular weight excluding hydrogens is 426 g/mol. The Labute approximate surface area is 205 Å². The van der Waals surface area contributed by atoms with E-state index in [9.17, 15) is 8.78 Å². The summed E-state index contributed by atoms with van der Waals surface area (Å²) in [6, 6.07) is 15.4. The molecule has 0 heterocycles. The van der Waals surface area contributed by atoms with Crippen LogP contribution in [0.3, 0.4) is 0 Å². The Morgan fingerprint density at radius 2 is 1.12 bits per heavy atom. The van der Waals surface area contributed by atoms with Crippen molar-refractivity contribution in [2.24, 2.45) is 11.8 Å². The highest BCUT2D eigenvalue weighted by molar-refractivity contribution is 5.28. The molecule has 1 nitrogen and oxygen atoms in total. The van der Waals surface area contributed by atoms with E-state index >= 15 is 0 Å². The van der Waals surface area contributed by atoms with E-state index in [1.165, 1.54) is 75.3 Å². The molecule has 2 aromatic carbocycles. The number of ether oxygens (including phenoxy) is 1. The molecule has 186 valence electrons. The van der Waals surface area contributed by atoms with E-state index in [0.717, 1.165) is 17.4 Å². The van der Waals surface area contributed by atoms with Crippen LogP contribution in [0, 0.1) is 11.8 Å². The van der Waals surface area contributed by atoms with E-state index in [0.29, 0.717) is 18.3 Å². The average molecular weight is 469 g/mol. The molecule has 34 heavy (non-hydrogen) atoms. The van der Waals surface area contributed by atoms with Gasteiger partial charge in [-0.3, -0.25) is 0 Å². The molecule has 0 amide bonds. The third-order valence-corrected chi connectivity index (χ3v) is 8.69. The number of rotatable bonds is 9. The van der Waals surface area contributed by atoms with Crippen LogP contribution in [0.15, 0.2) is 48.5 Å². The smallest absolute Gasteiger partial charge is 0.316 e. The van der Waals surface area contributed by atoms with Crippen LogP contribution in [-0.2, 0) is 17.3 Å². The first-order chi connectivity index (χ1) is 16.5. The van der Waals surface area contributed by atoms with Gasteiger partial charge < -0.3 is 4.74 Å². The molecule has 4 rings (SSSR count). The molecule has 0 spiro atoms. The van der Waals surface area contributed by atoms with Crippen molar-refractivity contribution in [1.82, 2.24) is 0 Å². The minimum absolute atomic E-state index is 0.0107. The van der Waals surface area contributed by atoms with Gasteiger partial charge in [0.15, 0.2) is 0 Å².